The Labute approximate surface area is 182 Å². The van der Waals surface area contributed by atoms with E-state index in [2.05, 4.69) is 4.98 Å². The Morgan fingerprint density at radius 3 is 2.84 bits per heavy atom. The molecule has 0 aliphatic carbocycles. The molecule has 2 aliphatic heterocycles. The summed E-state index contributed by atoms with van der Waals surface area (Å²) in [6.45, 7) is 2.91. The monoisotopic (exact) mass is 448 g/mol. The van der Waals surface area contributed by atoms with E-state index in [1.54, 1.807) is 4.90 Å². The highest BCUT2D eigenvalue weighted by atomic mass is 35.5. The number of hydrogen-bond donors (Lipinski definition) is 1. The molecule has 0 spiro atoms. The van der Waals surface area contributed by atoms with Crippen LogP contribution in [-0.4, -0.2) is 50.6 Å². The van der Waals surface area contributed by atoms with Gasteiger partial charge >= 0.3 is 0 Å². The number of ketones is 1. The van der Waals surface area contributed by atoms with E-state index in [-0.39, 0.29) is 41.0 Å². The second-order valence-corrected chi connectivity index (χ2v) is 8.09. The van der Waals surface area contributed by atoms with Gasteiger partial charge in [0.05, 0.1) is 16.3 Å². The summed E-state index contributed by atoms with van der Waals surface area (Å²) in [5, 5.41) is 12.6. The number of pyridine rings is 2. The van der Waals surface area contributed by atoms with Crippen LogP contribution in [0, 0.1) is 5.82 Å². The molecule has 31 heavy (non-hydrogen) atoms. The lowest BCUT2D eigenvalue weighted by Crippen LogP contribution is -2.63. The molecule has 1 fully saturated rings. The lowest BCUT2D eigenvalue weighted by Gasteiger charge is -2.48. The van der Waals surface area contributed by atoms with Crippen molar-refractivity contribution < 1.29 is 19.1 Å². The number of rotatable bonds is 5. The normalized spacial score (nSPS) is 18.0. The van der Waals surface area contributed by atoms with Crippen molar-refractivity contribution >= 4 is 23.3 Å². The minimum atomic E-state index is -0.902. The van der Waals surface area contributed by atoms with Gasteiger partial charge in [-0.15, -0.1) is 0 Å². The fourth-order valence-corrected chi connectivity index (χ4v) is 4.42. The van der Waals surface area contributed by atoms with Gasteiger partial charge in [-0.3, -0.25) is 29.1 Å². The van der Waals surface area contributed by atoms with Crippen LogP contribution in [0.2, 0.25) is 5.02 Å². The first-order valence-electron chi connectivity index (χ1n) is 10.2. The second-order valence-electron chi connectivity index (χ2n) is 7.65. The molecule has 0 aromatic carbocycles. The average Bonchev–Trinajstić information content (AvgIpc) is 2.75. The topological polar surface area (TPSA) is 95.7 Å². The summed E-state index contributed by atoms with van der Waals surface area (Å²) in [7, 11) is 0. The van der Waals surface area contributed by atoms with E-state index in [0.29, 0.717) is 13.1 Å². The third-order valence-electron chi connectivity index (χ3n) is 5.82. The lowest BCUT2D eigenvalue weighted by molar-refractivity contribution is 0.0534. The molecule has 1 N–H and O–H groups in total. The Morgan fingerprint density at radius 1 is 1.35 bits per heavy atom. The van der Waals surface area contributed by atoms with Gasteiger partial charge in [0.2, 0.25) is 5.43 Å². The lowest BCUT2D eigenvalue weighted by atomic mass is 10.0. The first-order chi connectivity index (χ1) is 14.8. The van der Waals surface area contributed by atoms with E-state index >= 15 is 0 Å². The molecular formula is C21H22ClFN4O4. The summed E-state index contributed by atoms with van der Waals surface area (Å²) in [5.41, 5.74) is -1.21. The van der Waals surface area contributed by atoms with Crippen LogP contribution in [0.1, 0.15) is 59.1 Å². The quantitative estimate of drug-likeness (QED) is 0.706. The van der Waals surface area contributed by atoms with E-state index in [4.69, 9.17) is 11.6 Å². The number of aromatic nitrogens is 2. The van der Waals surface area contributed by atoms with Gasteiger partial charge in [-0.05, 0) is 38.7 Å². The van der Waals surface area contributed by atoms with E-state index < -0.39 is 28.7 Å². The molecule has 164 valence electrons. The summed E-state index contributed by atoms with van der Waals surface area (Å²) in [6, 6.07) is 1.11. The number of Topliss-reactive ketones (excluding diaryl/α,β-unsaturated/α-hetero) is 1. The Kier molecular flexibility index (Phi) is 5.70. The number of fused-ring (bicyclic) bond motifs is 3. The van der Waals surface area contributed by atoms with E-state index in [1.807, 2.05) is 11.9 Å². The SMILES string of the molecule is CCN1C(=O)c2c(O)c(=O)c(C(=O)CCc3ncc(Cl)cc3F)cn2N2CCCC[C@@H]12. The van der Waals surface area contributed by atoms with Crippen molar-refractivity contribution in [3.8, 4) is 5.75 Å². The summed E-state index contributed by atoms with van der Waals surface area (Å²) in [6.07, 6.45) is 4.81. The van der Waals surface area contributed by atoms with Crippen LogP contribution in [0.5, 0.6) is 5.75 Å². The average molecular weight is 449 g/mol. The molecular weight excluding hydrogens is 427 g/mol. The maximum Gasteiger partial charge on any atom is 0.278 e. The predicted molar refractivity (Wildman–Crippen MR) is 112 cm³/mol. The summed E-state index contributed by atoms with van der Waals surface area (Å²) < 4.78 is 15.4. The van der Waals surface area contributed by atoms with Crippen molar-refractivity contribution in [3.63, 3.8) is 0 Å². The summed E-state index contributed by atoms with van der Waals surface area (Å²) >= 11 is 5.69. The molecule has 8 nitrogen and oxygen atoms in total. The Bertz CT molecular complexity index is 1120. The van der Waals surface area contributed by atoms with Crippen LogP contribution in [0.15, 0.2) is 23.3 Å². The van der Waals surface area contributed by atoms with E-state index in [9.17, 15) is 23.9 Å². The van der Waals surface area contributed by atoms with Crippen LogP contribution in [0.4, 0.5) is 4.39 Å². The Balaban J connectivity index is 1.69. The fourth-order valence-electron chi connectivity index (χ4n) is 4.28. The molecule has 1 atom stereocenters. The summed E-state index contributed by atoms with van der Waals surface area (Å²) in [4.78, 5) is 44.0. The molecule has 0 unspecified atom stereocenters. The number of aromatic hydroxyl groups is 1. The Morgan fingerprint density at radius 2 is 2.13 bits per heavy atom. The summed E-state index contributed by atoms with van der Waals surface area (Å²) in [5.74, 6) is -2.38. The number of carbonyl (C=O) groups excluding carboxylic acids is 2. The van der Waals surface area contributed by atoms with Crippen molar-refractivity contribution in [2.45, 2.75) is 45.2 Å². The van der Waals surface area contributed by atoms with Gasteiger partial charge < -0.3 is 10.0 Å². The zero-order valence-corrected chi connectivity index (χ0v) is 17.7. The van der Waals surface area contributed by atoms with E-state index in [0.717, 1.165) is 25.3 Å². The molecule has 2 aliphatic rings. The largest absolute Gasteiger partial charge is 0.502 e. The number of carbonyl (C=O) groups is 2. The number of nitrogens with zero attached hydrogens (tertiary/aromatic N) is 4. The van der Waals surface area contributed by atoms with Gasteiger partial charge in [0.25, 0.3) is 5.91 Å². The minimum Gasteiger partial charge on any atom is -0.502 e. The van der Waals surface area contributed by atoms with Gasteiger partial charge in [0, 0.05) is 31.9 Å². The van der Waals surface area contributed by atoms with Crippen molar-refractivity contribution in [3.05, 3.63) is 56.5 Å². The maximum absolute atomic E-state index is 14.0. The molecule has 4 rings (SSSR count). The van der Waals surface area contributed by atoms with Gasteiger partial charge in [-0.2, -0.15) is 0 Å². The fraction of sp³-hybridized carbons (Fsp3) is 0.429. The third kappa shape index (κ3) is 3.67. The van der Waals surface area contributed by atoms with Crippen LogP contribution >= 0.6 is 11.6 Å². The van der Waals surface area contributed by atoms with Crippen LogP contribution < -0.4 is 10.4 Å². The third-order valence-corrected chi connectivity index (χ3v) is 6.03. The number of halogens is 2. The van der Waals surface area contributed by atoms with Crippen molar-refractivity contribution in [2.24, 2.45) is 0 Å². The van der Waals surface area contributed by atoms with Crippen molar-refractivity contribution in [2.75, 3.05) is 18.1 Å². The number of hydrogen-bond acceptors (Lipinski definition) is 6. The number of piperidine rings is 1. The second kappa shape index (κ2) is 8.30. The highest BCUT2D eigenvalue weighted by molar-refractivity contribution is 6.30. The predicted octanol–water partition coefficient (Wildman–Crippen LogP) is 2.48. The minimum absolute atomic E-state index is 0.0291. The molecule has 2 aromatic heterocycles. The highest BCUT2D eigenvalue weighted by Crippen LogP contribution is 2.29. The number of amides is 1. The number of aryl methyl sites for hydroxylation is 1. The van der Waals surface area contributed by atoms with Crippen LogP contribution in [0.25, 0.3) is 0 Å². The molecule has 0 radical (unpaired) electrons. The van der Waals surface area contributed by atoms with Crippen molar-refractivity contribution in [1.29, 1.82) is 0 Å². The molecule has 2 aromatic rings. The molecule has 1 saturated heterocycles. The molecule has 0 bridgehead atoms. The van der Waals surface area contributed by atoms with E-state index in [1.165, 1.54) is 17.1 Å². The van der Waals surface area contributed by atoms with Crippen LogP contribution in [0.3, 0.4) is 0 Å². The smallest absolute Gasteiger partial charge is 0.278 e. The highest BCUT2D eigenvalue weighted by Gasteiger charge is 2.40. The Hall–Kier alpha value is -2.94. The van der Waals surface area contributed by atoms with Gasteiger partial charge in [-0.1, -0.05) is 11.6 Å². The van der Waals surface area contributed by atoms with Gasteiger partial charge in [0.1, 0.15) is 12.0 Å². The standard InChI is InChI=1S/C21H22ClFN4O4/c1-2-25-17-5-3-4-8-26(17)27-11-13(19(29)20(30)18(27)21(25)31)16(28)7-6-15-14(23)9-12(22)10-24-15/h9-11,17,30H,2-8H2,1H3/t17-/m0/s1. The molecule has 10 heteroatoms. The maximum atomic E-state index is 14.0. The zero-order chi connectivity index (χ0) is 22.3. The van der Waals surface area contributed by atoms with Crippen molar-refractivity contribution in [1.82, 2.24) is 14.6 Å². The molecule has 4 heterocycles. The molecule has 0 saturated carbocycles. The first kappa shape index (κ1) is 21.3. The first-order valence-corrected chi connectivity index (χ1v) is 10.6. The van der Waals surface area contributed by atoms with Crippen LogP contribution in [-0.2, 0) is 6.42 Å². The van der Waals surface area contributed by atoms with Gasteiger partial charge in [-0.25, -0.2) is 4.39 Å². The molecule has 1 amide bonds. The zero-order valence-electron chi connectivity index (χ0n) is 17.0. The van der Waals surface area contributed by atoms with Gasteiger partial charge in [0.15, 0.2) is 17.2 Å².